The third-order valence-corrected chi connectivity index (χ3v) is 9.31. The number of nitrogens with two attached hydrogens (primary N) is 1. The molecule has 0 aliphatic carbocycles. The molecule has 51 heavy (non-hydrogen) atoms. The number of aliphatic hydroxyl groups excluding tert-OH is 1. The van der Waals surface area contributed by atoms with E-state index in [0.29, 0.717) is 12.8 Å². The first-order valence-electron chi connectivity index (χ1n) is 20.1. The van der Waals surface area contributed by atoms with Gasteiger partial charge in [-0.2, -0.15) is 0 Å². The van der Waals surface area contributed by atoms with Crippen molar-refractivity contribution in [1.29, 1.82) is 0 Å². The van der Waals surface area contributed by atoms with Gasteiger partial charge in [0.25, 0.3) is 0 Å². The van der Waals surface area contributed by atoms with Crippen LogP contribution in [-0.2, 0) is 18.4 Å². The normalized spacial score (nSPS) is 15.0. The molecule has 294 valence electrons. The molecular formula is C42H75N2O6P. The van der Waals surface area contributed by atoms with E-state index in [1.165, 1.54) is 38.5 Å². The van der Waals surface area contributed by atoms with Crippen LogP contribution in [0.4, 0.5) is 0 Å². The Balaban J connectivity index is 4.21. The predicted molar refractivity (Wildman–Crippen MR) is 216 cm³/mol. The number of phosphoric ester groups is 1. The van der Waals surface area contributed by atoms with Crippen molar-refractivity contribution in [2.24, 2.45) is 5.73 Å². The van der Waals surface area contributed by atoms with Crippen molar-refractivity contribution < 1.29 is 28.4 Å². The van der Waals surface area contributed by atoms with Crippen LogP contribution in [0.15, 0.2) is 72.9 Å². The molecule has 1 amide bonds. The van der Waals surface area contributed by atoms with Gasteiger partial charge >= 0.3 is 7.82 Å². The summed E-state index contributed by atoms with van der Waals surface area (Å²) in [5.41, 5.74) is 5.36. The van der Waals surface area contributed by atoms with Gasteiger partial charge in [-0.05, 0) is 64.2 Å². The van der Waals surface area contributed by atoms with Crippen LogP contribution < -0.4 is 11.1 Å². The van der Waals surface area contributed by atoms with Crippen LogP contribution in [0.25, 0.3) is 0 Å². The molecule has 0 spiro atoms. The van der Waals surface area contributed by atoms with E-state index in [1.807, 2.05) is 0 Å². The molecule has 0 aromatic rings. The Kier molecular flexibility index (Phi) is 36.2. The lowest BCUT2D eigenvalue weighted by Crippen LogP contribution is -2.46. The van der Waals surface area contributed by atoms with E-state index in [4.69, 9.17) is 14.8 Å². The lowest BCUT2D eigenvalue weighted by Gasteiger charge is -2.25. The van der Waals surface area contributed by atoms with Crippen LogP contribution in [0.3, 0.4) is 0 Å². The van der Waals surface area contributed by atoms with Crippen molar-refractivity contribution in [1.82, 2.24) is 5.32 Å². The summed E-state index contributed by atoms with van der Waals surface area (Å²) in [6.45, 7) is 4.02. The van der Waals surface area contributed by atoms with Gasteiger partial charge in [-0.15, -0.1) is 0 Å². The van der Waals surface area contributed by atoms with E-state index in [2.05, 4.69) is 92.1 Å². The van der Waals surface area contributed by atoms with Gasteiger partial charge in [-0.3, -0.25) is 13.8 Å². The van der Waals surface area contributed by atoms with Gasteiger partial charge in [0.1, 0.15) is 0 Å². The molecule has 0 radical (unpaired) electrons. The summed E-state index contributed by atoms with van der Waals surface area (Å²) in [6.07, 6.45) is 47.7. The maximum Gasteiger partial charge on any atom is 0.472 e. The smallest absolute Gasteiger partial charge is 0.391 e. The SMILES string of the molecule is CC/C=C\C/C=C\C/C=C\C/C=C\C/C=C\C/C=C\CCCCCCC(=O)NC(COP(=O)(O)OCCN)C(O)CCCCCCCCCCC. The lowest BCUT2D eigenvalue weighted by molar-refractivity contribution is -0.123. The van der Waals surface area contributed by atoms with Gasteiger partial charge in [0, 0.05) is 13.0 Å². The molecule has 0 rings (SSSR count). The molecule has 5 N–H and O–H groups in total. The van der Waals surface area contributed by atoms with Gasteiger partial charge in [0.2, 0.25) is 5.91 Å². The Bertz CT molecular complexity index is 1020. The number of unbranched alkanes of at least 4 members (excludes halogenated alkanes) is 12. The summed E-state index contributed by atoms with van der Waals surface area (Å²) in [5, 5.41) is 13.7. The zero-order valence-electron chi connectivity index (χ0n) is 32.3. The van der Waals surface area contributed by atoms with E-state index in [0.717, 1.165) is 89.9 Å². The second-order valence-corrected chi connectivity index (χ2v) is 14.6. The highest BCUT2D eigenvalue weighted by molar-refractivity contribution is 7.47. The fraction of sp³-hybridized carbons (Fsp3) is 0.690. The lowest BCUT2D eigenvalue weighted by atomic mass is 10.0. The average molecular weight is 735 g/mol. The first kappa shape index (κ1) is 48.9. The van der Waals surface area contributed by atoms with E-state index >= 15 is 0 Å². The van der Waals surface area contributed by atoms with Crippen molar-refractivity contribution in [3.8, 4) is 0 Å². The van der Waals surface area contributed by atoms with Gasteiger partial charge in [0.15, 0.2) is 0 Å². The summed E-state index contributed by atoms with van der Waals surface area (Å²) in [7, 11) is -4.32. The second kappa shape index (κ2) is 37.7. The number of amides is 1. The zero-order valence-corrected chi connectivity index (χ0v) is 33.2. The Morgan fingerprint density at radius 1 is 0.667 bits per heavy atom. The van der Waals surface area contributed by atoms with Crippen LogP contribution in [-0.4, -0.2) is 47.8 Å². The Hall–Kier alpha value is -2.06. The van der Waals surface area contributed by atoms with E-state index in [9.17, 15) is 19.4 Å². The summed E-state index contributed by atoms with van der Waals surface area (Å²) in [4.78, 5) is 22.6. The fourth-order valence-electron chi connectivity index (χ4n) is 5.31. The van der Waals surface area contributed by atoms with Gasteiger partial charge in [0.05, 0.1) is 25.4 Å². The molecule has 0 aromatic heterocycles. The zero-order chi connectivity index (χ0) is 37.5. The van der Waals surface area contributed by atoms with E-state index in [-0.39, 0.29) is 25.7 Å². The standard InChI is InChI=1S/C42H75N2O6P/c1-3-5-7-9-11-13-14-15-16-17-18-19-20-21-22-23-24-25-26-28-30-32-34-36-42(46)44-40(39-50-51(47,48)49-38-37-43)41(45)35-33-31-29-27-12-10-8-6-4-2/h5,7,11,13,15-16,18-19,21-22,24-25,40-41,45H,3-4,6,8-10,12,14,17,20,23,26-39,43H2,1-2H3,(H,44,46)(H,47,48)/b7-5-,13-11-,16-15-,19-18-,22-21-,25-24-. The maximum absolute atomic E-state index is 12.7. The minimum absolute atomic E-state index is 0.0801. The molecule has 8 nitrogen and oxygen atoms in total. The predicted octanol–water partition coefficient (Wildman–Crippen LogP) is 10.9. The molecule has 0 fully saturated rings. The number of carbonyl (C=O) groups excluding carboxylic acids is 1. The first-order valence-corrected chi connectivity index (χ1v) is 21.5. The monoisotopic (exact) mass is 735 g/mol. The summed E-state index contributed by atoms with van der Waals surface area (Å²) < 4.78 is 22.1. The molecule has 9 heteroatoms. The second-order valence-electron chi connectivity index (χ2n) is 13.1. The largest absolute Gasteiger partial charge is 0.472 e. The number of carbonyl (C=O) groups is 1. The molecular weight excluding hydrogens is 659 g/mol. The van der Waals surface area contributed by atoms with Gasteiger partial charge in [-0.25, -0.2) is 4.57 Å². The number of phosphoric acid groups is 1. The highest BCUT2D eigenvalue weighted by atomic mass is 31.2. The highest BCUT2D eigenvalue weighted by Crippen LogP contribution is 2.43. The molecule has 0 saturated carbocycles. The molecule has 0 aromatic carbocycles. The van der Waals surface area contributed by atoms with E-state index < -0.39 is 20.0 Å². The number of hydrogen-bond acceptors (Lipinski definition) is 6. The molecule has 3 unspecified atom stereocenters. The van der Waals surface area contributed by atoms with Crippen molar-refractivity contribution in [3.63, 3.8) is 0 Å². The van der Waals surface area contributed by atoms with Crippen LogP contribution in [0.5, 0.6) is 0 Å². The quantitative estimate of drug-likeness (QED) is 0.0286. The number of nitrogens with one attached hydrogen (secondary N) is 1. The van der Waals surface area contributed by atoms with E-state index in [1.54, 1.807) is 0 Å². The average Bonchev–Trinajstić information content (AvgIpc) is 3.12. The van der Waals surface area contributed by atoms with Crippen LogP contribution in [0.1, 0.15) is 155 Å². The van der Waals surface area contributed by atoms with Gasteiger partial charge < -0.3 is 21.1 Å². The number of hydrogen-bond donors (Lipinski definition) is 4. The summed E-state index contributed by atoms with van der Waals surface area (Å²) in [5.74, 6) is -0.192. The molecule has 3 atom stereocenters. The van der Waals surface area contributed by atoms with Crippen LogP contribution in [0, 0.1) is 0 Å². The Labute approximate surface area is 312 Å². The van der Waals surface area contributed by atoms with Crippen molar-refractivity contribution in [3.05, 3.63) is 72.9 Å². The third kappa shape index (κ3) is 36.1. The van der Waals surface area contributed by atoms with Crippen molar-refractivity contribution in [2.45, 2.75) is 167 Å². The third-order valence-electron chi connectivity index (χ3n) is 8.32. The maximum atomic E-state index is 12.7. The minimum atomic E-state index is -4.32. The molecule has 0 saturated heterocycles. The van der Waals surface area contributed by atoms with Crippen LogP contribution >= 0.6 is 7.82 Å². The Morgan fingerprint density at radius 2 is 1.14 bits per heavy atom. The molecule has 0 bridgehead atoms. The minimum Gasteiger partial charge on any atom is -0.391 e. The summed E-state index contributed by atoms with van der Waals surface area (Å²) >= 11 is 0. The van der Waals surface area contributed by atoms with Gasteiger partial charge in [-0.1, -0.05) is 157 Å². The highest BCUT2D eigenvalue weighted by Gasteiger charge is 2.27. The van der Waals surface area contributed by atoms with Crippen molar-refractivity contribution >= 4 is 13.7 Å². The Morgan fingerprint density at radius 3 is 1.67 bits per heavy atom. The molecule has 0 aliphatic heterocycles. The fourth-order valence-corrected chi connectivity index (χ4v) is 6.07. The first-order chi connectivity index (χ1) is 24.9. The summed E-state index contributed by atoms with van der Waals surface area (Å²) in [6, 6.07) is -0.790. The van der Waals surface area contributed by atoms with Crippen molar-refractivity contribution in [2.75, 3.05) is 19.8 Å². The van der Waals surface area contributed by atoms with Crippen LogP contribution in [0.2, 0.25) is 0 Å². The number of allylic oxidation sites excluding steroid dienone is 12. The number of aliphatic hydroxyl groups is 1. The topological polar surface area (TPSA) is 131 Å². The number of rotatable bonds is 36. The molecule has 0 heterocycles. The molecule has 0 aliphatic rings.